The Kier molecular flexibility index (Phi) is 8.15. The highest BCUT2D eigenvalue weighted by molar-refractivity contribution is 5.08. The van der Waals surface area contributed by atoms with Gasteiger partial charge in [-0.1, -0.05) is 31.9 Å². The molecule has 1 N–H and O–H groups in total. The van der Waals surface area contributed by atoms with E-state index in [4.69, 9.17) is 0 Å². The maximum absolute atomic E-state index is 4.47. The number of aromatic nitrogens is 1. The van der Waals surface area contributed by atoms with Gasteiger partial charge in [0, 0.05) is 12.2 Å². The SMILES string of the molecule is C=CCCCCCC(NCCC)c1ccccn1. The molecule has 1 atom stereocenters. The molecule has 1 aromatic rings. The van der Waals surface area contributed by atoms with Gasteiger partial charge < -0.3 is 5.32 Å². The van der Waals surface area contributed by atoms with Crippen LogP contribution in [0.2, 0.25) is 0 Å². The molecule has 1 aromatic heterocycles. The van der Waals surface area contributed by atoms with Crippen molar-refractivity contribution in [1.82, 2.24) is 10.3 Å². The van der Waals surface area contributed by atoms with Gasteiger partial charge in [-0.15, -0.1) is 6.58 Å². The van der Waals surface area contributed by atoms with Crippen molar-refractivity contribution < 1.29 is 0 Å². The van der Waals surface area contributed by atoms with Crippen LogP contribution in [0.15, 0.2) is 37.1 Å². The molecule has 0 fully saturated rings. The third-order valence-corrected chi connectivity index (χ3v) is 3.09. The van der Waals surface area contributed by atoms with Crippen molar-refractivity contribution in [2.24, 2.45) is 0 Å². The van der Waals surface area contributed by atoms with Gasteiger partial charge in [-0.3, -0.25) is 4.98 Å². The van der Waals surface area contributed by atoms with E-state index in [9.17, 15) is 0 Å². The average molecular weight is 246 g/mol. The summed E-state index contributed by atoms with van der Waals surface area (Å²) in [6.07, 6.45) is 11.2. The summed E-state index contributed by atoms with van der Waals surface area (Å²) in [5, 5.41) is 3.59. The van der Waals surface area contributed by atoms with Gasteiger partial charge in [0.25, 0.3) is 0 Å². The molecule has 0 spiro atoms. The molecule has 0 saturated heterocycles. The monoisotopic (exact) mass is 246 g/mol. The van der Waals surface area contributed by atoms with Crippen LogP contribution in [0.5, 0.6) is 0 Å². The minimum Gasteiger partial charge on any atom is -0.309 e. The average Bonchev–Trinajstić information content (AvgIpc) is 2.43. The van der Waals surface area contributed by atoms with E-state index >= 15 is 0 Å². The number of pyridine rings is 1. The van der Waals surface area contributed by atoms with Crippen molar-refractivity contribution in [2.75, 3.05) is 6.54 Å². The maximum atomic E-state index is 4.47. The molecule has 100 valence electrons. The summed E-state index contributed by atoms with van der Waals surface area (Å²) in [6.45, 7) is 7.02. The Bertz CT molecular complexity index is 308. The molecule has 0 aliphatic rings. The molecule has 0 aliphatic carbocycles. The highest BCUT2D eigenvalue weighted by atomic mass is 14.9. The van der Waals surface area contributed by atoms with E-state index in [1.165, 1.54) is 37.8 Å². The van der Waals surface area contributed by atoms with Crippen molar-refractivity contribution in [2.45, 2.75) is 51.5 Å². The second-order valence-electron chi connectivity index (χ2n) is 4.69. The van der Waals surface area contributed by atoms with Gasteiger partial charge in [0.2, 0.25) is 0 Å². The largest absolute Gasteiger partial charge is 0.309 e. The van der Waals surface area contributed by atoms with Gasteiger partial charge in [0.15, 0.2) is 0 Å². The number of nitrogens with one attached hydrogen (secondary N) is 1. The lowest BCUT2D eigenvalue weighted by atomic mass is 10.0. The minimum absolute atomic E-state index is 0.412. The van der Waals surface area contributed by atoms with E-state index in [1.807, 2.05) is 18.3 Å². The molecule has 1 unspecified atom stereocenters. The smallest absolute Gasteiger partial charge is 0.0573 e. The molecule has 0 aliphatic heterocycles. The zero-order valence-corrected chi connectivity index (χ0v) is 11.6. The molecule has 0 aromatic carbocycles. The standard InChI is InChI=1S/C16H26N2/c1-3-5-6-7-8-11-15(17-13-4-2)16-12-9-10-14-18-16/h3,9-10,12,14-15,17H,1,4-8,11,13H2,2H3. The molecule has 0 saturated carbocycles. The van der Waals surface area contributed by atoms with E-state index < -0.39 is 0 Å². The van der Waals surface area contributed by atoms with Crippen molar-refractivity contribution in [3.63, 3.8) is 0 Å². The number of unbranched alkanes of at least 4 members (excludes halogenated alkanes) is 3. The Morgan fingerprint density at radius 1 is 1.33 bits per heavy atom. The van der Waals surface area contributed by atoms with Crippen molar-refractivity contribution >= 4 is 0 Å². The molecule has 0 amide bonds. The second kappa shape index (κ2) is 9.84. The molecule has 0 radical (unpaired) electrons. The first-order valence-electron chi connectivity index (χ1n) is 7.13. The van der Waals surface area contributed by atoms with Gasteiger partial charge >= 0.3 is 0 Å². The first-order chi connectivity index (χ1) is 8.88. The summed E-state index contributed by atoms with van der Waals surface area (Å²) in [6, 6.07) is 6.58. The van der Waals surface area contributed by atoms with Gasteiger partial charge in [-0.25, -0.2) is 0 Å². The fourth-order valence-corrected chi connectivity index (χ4v) is 2.07. The Hall–Kier alpha value is -1.15. The molecular formula is C16H26N2. The van der Waals surface area contributed by atoms with Gasteiger partial charge in [0.05, 0.1) is 5.69 Å². The fourth-order valence-electron chi connectivity index (χ4n) is 2.07. The Balaban J connectivity index is 2.38. The molecule has 1 heterocycles. The van der Waals surface area contributed by atoms with Crippen LogP contribution < -0.4 is 5.32 Å². The normalized spacial score (nSPS) is 12.3. The number of hydrogen-bond donors (Lipinski definition) is 1. The van der Waals surface area contributed by atoms with Crippen LogP contribution in [-0.2, 0) is 0 Å². The first kappa shape index (κ1) is 14.9. The summed E-state index contributed by atoms with van der Waals surface area (Å²) >= 11 is 0. The van der Waals surface area contributed by atoms with Crippen LogP contribution in [0.4, 0.5) is 0 Å². The number of allylic oxidation sites excluding steroid dienone is 1. The topological polar surface area (TPSA) is 24.9 Å². The Morgan fingerprint density at radius 2 is 2.22 bits per heavy atom. The summed E-state index contributed by atoms with van der Waals surface area (Å²) in [5.74, 6) is 0. The molecule has 2 nitrogen and oxygen atoms in total. The van der Waals surface area contributed by atoms with E-state index in [1.54, 1.807) is 0 Å². The third-order valence-electron chi connectivity index (χ3n) is 3.09. The van der Waals surface area contributed by atoms with E-state index in [0.29, 0.717) is 6.04 Å². The predicted molar refractivity (Wildman–Crippen MR) is 78.6 cm³/mol. The molecule has 0 bridgehead atoms. The number of rotatable bonds is 10. The predicted octanol–water partition coefficient (Wildman–Crippen LogP) is 4.26. The van der Waals surface area contributed by atoms with E-state index in [2.05, 4.69) is 35.9 Å². The summed E-state index contributed by atoms with van der Waals surface area (Å²) in [4.78, 5) is 4.47. The van der Waals surface area contributed by atoms with Crippen LogP contribution in [0.25, 0.3) is 0 Å². The lowest BCUT2D eigenvalue weighted by molar-refractivity contribution is 0.463. The minimum atomic E-state index is 0.412. The fraction of sp³-hybridized carbons (Fsp3) is 0.562. The molecule has 18 heavy (non-hydrogen) atoms. The number of nitrogens with zero attached hydrogens (tertiary/aromatic N) is 1. The van der Waals surface area contributed by atoms with Gasteiger partial charge in [0.1, 0.15) is 0 Å². The summed E-state index contributed by atoms with van der Waals surface area (Å²) in [5.41, 5.74) is 1.18. The van der Waals surface area contributed by atoms with Crippen LogP contribution in [-0.4, -0.2) is 11.5 Å². The summed E-state index contributed by atoms with van der Waals surface area (Å²) < 4.78 is 0. The highest BCUT2D eigenvalue weighted by Crippen LogP contribution is 2.18. The number of hydrogen-bond acceptors (Lipinski definition) is 2. The van der Waals surface area contributed by atoms with Crippen molar-refractivity contribution in [3.8, 4) is 0 Å². The van der Waals surface area contributed by atoms with Gasteiger partial charge in [-0.05, 0) is 44.4 Å². The molecular weight excluding hydrogens is 220 g/mol. The van der Waals surface area contributed by atoms with Crippen LogP contribution in [0, 0.1) is 0 Å². The summed E-state index contributed by atoms with van der Waals surface area (Å²) in [7, 11) is 0. The molecule has 1 rings (SSSR count). The van der Waals surface area contributed by atoms with E-state index in [0.717, 1.165) is 13.0 Å². The van der Waals surface area contributed by atoms with Crippen molar-refractivity contribution in [1.29, 1.82) is 0 Å². The Morgan fingerprint density at radius 3 is 2.89 bits per heavy atom. The quantitative estimate of drug-likeness (QED) is 0.493. The molecule has 2 heteroatoms. The zero-order chi connectivity index (χ0) is 13.1. The van der Waals surface area contributed by atoms with E-state index in [-0.39, 0.29) is 0 Å². The van der Waals surface area contributed by atoms with Crippen molar-refractivity contribution in [3.05, 3.63) is 42.7 Å². The second-order valence-corrected chi connectivity index (χ2v) is 4.69. The lowest BCUT2D eigenvalue weighted by Gasteiger charge is -2.17. The third kappa shape index (κ3) is 5.97. The van der Waals surface area contributed by atoms with Crippen LogP contribution >= 0.6 is 0 Å². The van der Waals surface area contributed by atoms with Gasteiger partial charge in [-0.2, -0.15) is 0 Å². The maximum Gasteiger partial charge on any atom is 0.0573 e. The Labute approximate surface area is 112 Å². The highest BCUT2D eigenvalue weighted by Gasteiger charge is 2.10. The zero-order valence-electron chi connectivity index (χ0n) is 11.6. The van der Waals surface area contributed by atoms with Crippen LogP contribution in [0.3, 0.4) is 0 Å². The van der Waals surface area contributed by atoms with Crippen LogP contribution in [0.1, 0.15) is 57.2 Å². The first-order valence-corrected chi connectivity index (χ1v) is 7.13. The lowest BCUT2D eigenvalue weighted by Crippen LogP contribution is -2.23.